The number of amides is 1. The maximum absolute atomic E-state index is 13.1. The van der Waals surface area contributed by atoms with Crippen molar-refractivity contribution < 1.29 is 9.53 Å². The van der Waals surface area contributed by atoms with Gasteiger partial charge in [-0.3, -0.25) is 4.79 Å². The van der Waals surface area contributed by atoms with Gasteiger partial charge in [-0.25, -0.2) is 0 Å². The van der Waals surface area contributed by atoms with Gasteiger partial charge in [0.25, 0.3) is 0 Å². The second kappa shape index (κ2) is 34.8. The highest BCUT2D eigenvalue weighted by molar-refractivity contribution is 5.76. The molecule has 0 bridgehead atoms. The van der Waals surface area contributed by atoms with Crippen molar-refractivity contribution in [3.05, 3.63) is 0 Å². The molecule has 0 spiro atoms. The van der Waals surface area contributed by atoms with Crippen LogP contribution in [-0.2, 0) is 9.53 Å². The average Bonchev–Trinajstić information content (AvgIpc) is 2.98. The van der Waals surface area contributed by atoms with Gasteiger partial charge < -0.3 is 19.9 Å². The van der Waals surface area contributed by atoms with E-state index >= 15 is 0 Å². The lowest BCUT2D eigenvalue weighted by molar-refractivity contribution is -0.132. The number of rotatable bonds is 35. The Labute approximate surface area is 264 Å². The summed E-state index contributed by atoms with van der Waals surface area (Å²) < 4.78 is 5.90. The summed E-state index contributed by atoms with van der Waals surface area (Å²) in [5, 5.41) is 3.46. The monoisotopic (exact) mass is 596 g/mol. The molecule has 5 nitrogen and oxygen atoms in total. The minimum absolute atomic E-state index is 0.347. The molecule has 0 saturated heterocycles. The van der Waals surface area contributed by atoms with E-state index in [1.165, 1.54) is 135 Å². The number of carbonyl (C=O) groups excluding carboxylic acids is 1. The molecule has 0 unspecified atom stereocenters. The molecule has 252 valence electrons. The highest BCUT2D eigenvalue weighted by atomic mass is 16.5. The van der Waals surface area contributed by atoms with Gasteiger partial charge in [-0.05, 0) is 46.4 Å². The van der Waals surface area contributed by atoms with Gasteiger partial charge in [-0.15, -0.1) is 0 Å². The first-order chi connectivity index (χ1) is 20.6. The Balaban J connectivity index is 4.07. The van der Waals surface area contributed by atoms with Gasteiger partial charge in [0.05, 0.1) is 13.2 Å². The van der Waals surface area contributed by atoms with E-state index in [2.05, 4.69) is 43.1 Å². The van der Waals surface area contributed by atoms with Crippen LogP contribution < -0.4 is 5.32 Å². The molecule has 0 saturated carbocycles. The zero-order valence-electron chi connectivity index (χ0n) is 29.3. The van der Waals surface area contributed by atoms with Crippen LogP contribution in [0.3, 0.4) is 0 Å². The third kappa shape index (κ3) is 32.3. The minimum Gasteiger partial charge on any atom is -0.378 e. The van der Waals surface area contributed by atoms with E-state index in [1.54, 1.807) is 0 Å². The van der Waals surface area contributed by atoms with Crippen molar-refractivity contribution in [1.82, 2.24) is 15.1 Å². The van der Waals surface area contributed by atoms with E-state index < -0.39 is 0 Å². The molecule has 0 atom stereocenters. The van der Waals surface area contributed by atoms with Crippen LogP contribution in [0.15, 0.2) is 0 Å². The number of carbonyl (C=O) groups is 1. The summed E-state index contributed by atoms with van der Waals surface area (Å²) in [6.07, 6.45) is 32.7. The van der Waals surface area contributed by atoms with Gasteiger partial charge in [0, 0.05) is 26.1 Å². The highest BCUT2D eigenvalue weighted by Crippen LogP contribution is 2.14. The van der Waals surface area contributed by atoms with Gasteiger partial charge in [-0.2, -0.15) is 0 Å². The van der Waals surface area contributed by atoms with Crippen LogP contribution >= 0.6 is 0 Å². The third-order valence-corrected chi connectivity index (χ3v) is 8.52. The predicted molar refractivity (Wildman–Crippen MR) is 186 cm³/mol. The minimum atomic E-state index is 0.347. The van der Waals surface area contributed by atoms with Crippen LogP contribution in [0.2, 0.25) is 0 Å². The van der Waals surface area contributed by atoms with Gasteiger partial charge in [0.1, 0.15) is 0 Å². The van der Waals surface area contributed by atoms with E-state index in [4.69, 9.17) is 4.74 Å². The Morgan fingerprint density at radius 2 is 0.952 bits per heavy atom. The Morgan fingerprint density at radius 1 is 0.500 bits per heavy atom. The first-order valence-electron chi connectivity index (χ1n) is 18.8. The number of nitrogens with one attached hydrogen (secondary N) is 1. The molecular formula is C37H77N3O2. The van der Waals surface area contributed by atoms with Gasteiger partial charge in [0.15, 0.2) is 0 Å². The lowest BCUT2D eigenvalue weighted by atomic mass is 10.0. The molecule has 0 heterocycles. The molecule has 0 aliphatic rings. The largest absolute Gasteiger partial charge is 0.378 e. The molecule has 5 heteroatoms. The Kier molecular flexibility index (Phi) is 34.3. The Hall–Kier alpha value is -0.650. The summed E-state index contributed by atoms with van der Waals surface area (Å²) in [6.45, 7) is 10.6. The molecule has 1 amide bonds. The maximum Gasteiger partial charge on any atom is 0.222 e. The van der Waals surface area contributed by atoms with Crippen molar-refractivity contribution in [2.45, 2.75) is 174 Å². The molecule has 0 fully saturated rings. The molecular weight excluding hydrogens is 518 g/mol. The highest BCUT2D eigenvalue weighted by Gasteiger charge is 2.13. The lowest BCUT2D eigenvalue weighted by Gasteiger charge is -2.23. The summed E-state index contributed by atoms with van der Waals surface area (Å²) in [5.74, 6) is 0.347. The SMILES string of the molecule is CCCCCCCCCCCCCCN(CCOCCNCCCN(C)C)C(=O)CCCCCCCCCCCCC. The summed E-state index contributed by atoms with van der Waals surface area (Å²) in [4.78, 5) is 17.4. The van der Waals surface area contributed by atoms with Crippen molar-refractivity contribution >= 4 is 5.91 Å². The maximum atomic E-state index is 13.1. The summed E-state index contributed by atoms with van der Waals surface area (Å²) >= 11 is 0. The molecule has 0 aliphatic heterocycles. The second-order valence-electron chi connectivity index (χ2n) is 13.1. The van der Waals surface area contributed by atoms with E-state index in [9.17, 15) is 4.79 Å². The van der Waals surface area contributed by atoms with Crippen molar-refractivity contribution in [1.29, 1.82) is 0 Å². The fraction of sp³-hybridized carbons (Fsp3) is 0.973. The van der Waals surface area contributed by atoms with Gasteiger partial charge >= 0.3 is 0 Å². The number of ether oxygens (including phenoxy) is 1. The van der Waals surface area contributed by atoms with Crippen LogP contribution in [0.25, 0.3) is 0 Å². The lowest BCUT2D eigenvalue weighted by Crippen LogP contribution is -2.35. The smallest absolute Gasteiger partial charge is 0.222 e. The van der Waals surface area contributed by atoms with Crippen LogP contribution in [0, 0.1) is 0 Å². The molecule has 0 radical (unpaired) electrons. The van der Waals surface area contributed by atoms with Crippen molar-refractivity contribution in [3.63, 3.8) is 0 Å². The number of unbranched alkanes of at least 4 members (excludes halogenated alkanes) is 21. The first kappa shape index (κ1) is 41.4. The molecule has 0 aromatic carbocycles. The molecule has 0 rings (SSSR count). The average molecular weight is 596 g/mol. The van der Waals surface area contributed by atoms with Crippen molar-refractivity contribution in [2.75, 3.05) is 60.0 Å². The molecule has 0 aromatic rings. The van der Waals surface area contributed by atoms with Crippen LogP contribution in [0.5, 0.6) is 0 Å². The second-order valence-corrected chi connectivity index (χ2v) is 13.1. The molecule has 0 aromatic heterocycles. The molecule has 42 heavy (non-hydrogen) atoms. The van der Waals surface area contributed by atoms with Gasteiger partial charge in [-0.1, -0.05) is 149 Å². The van der Waals surface area contributed by atoms with Crippen molar-refractivity contribution in [3.8, 4) is 0 Å². The van der Waals surface area contributed by atoms with E-state index in [-0.39, 0.29) is 0 Å². The zero-order chi connectivity index (χ0) is 30.8. The van der Waals surface area contributed by atoms with Crippen LogP contribution in [0.1, 0.15) is 174 Å². The van der Waals surface area contributed by atoms with E-state index in [1.807, 2.05) is 0 Å². The summed E-state index contributed by atoms with van der Waals surface area (Å²) in [6, 6.07) is 0. The van der Waals surface area contributed by atoms with Crippen LogP contribution in [-0.4, -0.2) is 75.7 Å². The van der Waals surface area contributed by atoms with Gasteiger partial charge in [0.2, 0.25) is 5.91 Å². The molecule has 1 N–H and O–H groups in total. The number of hydrogen-bond donors (Lipinski definition) is 1. The summed E-state index contributed by atoms with van der Waals surface area (Å²) in [7, 11) is 4.23. The fourth-order valence-electron chi connectivity index (χ4n) is 5.67. The zero-order valence-corrected chi connectivity index (χ0v) is 29.3. The normalized spacial score (nSPS) is 11.5. The van der Waals surface area contributed by atoms with E-state index in [0.717, 1.165) is 58.6 Å². The quantitative estimate of drug-likeness (QED) is 0.0741. The topological polar surface area (TPSA) is 44.8 Å². The first-order valence-corrected chi connectivity index (χ1v) is 18.8. The predicted octanol–water partition coefficient (Wildman–Crippen LogP) is 9.78. The van der Waals surface area contributed by atoms with Crippen LogP contribution in [0.4, 0.5) is 0 Å². The Morgan fingerprint density at radius 3 is 1.43 bits per heavy atom. The summed E-state index contributed by atoms with van der Waals surface area (Å²) in [5.41, 5.74) is 0. The fourth-order valence-corrected chi connectivity index (χ4v) is 5.67. The number of hydrogen-bond acceptors (Lipinski definition) is 4. The van der Waals surface area contributed by atoms with E-state index in [0.29, 0.717) is 18.9 Å². The third-order valence-electron chi connectivity index (χ3n) is 8.52. The standard InChI is InChI=1S/C37H77N3O2/c1-5-7-9-11-13-15-17-19-21-23-25-27-33-40(34-36-42-35-31-38-30-28-32-39(3)4)37(41)29-26-24-22-20-18-16-14-12-10-8-6-2/h38H,5-36H2,1-4H3. The van der Waals surface area contributed by atoms with Crippen molar-refractivity contribution in [2.24, 2.45) is 0 Å². The Bertz CT molecular complexity index is 529. The number of nitrogens with zero attached hydrogens (tertiary/aromatic N) is 2. The molecule has 0 aliphatic carbocycles.